The molecular formula is C15H13F3O. The maximum atomic E-state index is 13.9. The van der Waals surface area contributed by atoms with Crippen LogP contribution in [-0.2, 0) is 5.60 Å². The number of halogens is 3. The van der Waals surface area contributed by atoms with Crippen LogP contribution in [0.15, 0.2) is 42.5 Å². The molecule has 2 aromatic carbocycles. The second-order valence-corrected chi connectivity index (χ2v) is 4.30. The fraction of sp³-hybridized carbons (Fsp3) is 0.200. The largest absolute Gasteiger partial charge is 0.380 e. The zero-order valence-corrected chi connectivity index (χ0v) is 10.3. The van der Waals surface area contributed by atoms with E-state index >= 15 is 0 Å². The Bertz CT molecular complexity index is 583. The lowest BCUT2D eigenvalue weighted by molar-refractivity contribution is 0.0715. The monoisotopic (exact) mass is 266 g/mol. The minimum atomic E-state index is -1.68. The minimum Gasteiger partial charge on any atom is -0.380 e. The molecule has 0 saturated carbocycles. The molecule has 4 heteroatoms. The third-order valence-electron chi connectivity index (χ3n) is 3.24. The van der Waals surface area contributed by atoms with E-state index in [1.807, 2.05) is 0 Å². The van der Waals surface area contributed by atoms with Crippen LogP contribution in [-0.4, -0.2) is 5.11 Å². The molecule has 0 heterocycles. The smallest absolute Gasteiger partial charge is 0.194 e. The number of rotatable bonds is 3. The Morgan fingerprint density at radius 1 is 0.947 bits per heavy atom. The van der Waals surface area contributed by atoms with Gasteiger partial charge in [-0.25, -0.2) is 13.2 Å². The highest BCUT2D eigenvalue weighted by Crippen LogP contribution is 2.35. The molecule has 19 heavy (non-hydrogen) atoms. The summed E-state index contributed by atoms with van der Waals surface area (Å²) in [5.74, 6) is -4.19. The van der Waals surface area contributed by atoms with E-state index in [1.54, 1.807) is 37.3 Å². The van der Waals surface area contributed by atoms with E-state index in [2.05, 4.69) is 0 Å². The van der Waals surface area contributed by atoms with Crippen molar-refractivity contribution in [2.45, 2.75) is 18.9 Å². The molecule has 1 atom stereocenters. The van der Waals surface area contributed by atoms with E-state index in [9.17, 15) is 18.3 Å². The molecule has 0 aliphatic carbocycles. The number of hydrogen-bond acceptors (Lipinski definition) is 1. The van der Waals surface area contributed by atoms with Crippen molar-refractivity contribution in [3.63, 3.8) is 0 Å². The van der Waals surface area contributed by atoms with Crippen molar-refractivity contribution < 1.29 is 18.3 Å². The van der Waals surface area contributed by atoms with E-state index in [4.69, 9.17) is 0 Å². The summed E-state index contributed by atoms with van der Waals surface area (Å²) in [6.07, 6.45) is 0.138. The maximum Gasteiger partial charge on any atom is 0.194 e. The van der Waals surface area contributed by atoms with Crippen molar-refractivity contribution >= 4 is 0 Å². The lowest BCUT2D eigenvalue weighted by Gasteiger charge is -2.28. The van der Waals surface area contributed by atoms with Crippen LogP contribution in [0.5, 0.6) is 0 Å². The summed E-state index contributed by atoms with van der Waals surface area (Å²) >= 11 is 0. The zero-order chi connectivity index (χ0) is 14.0. The Labute approximate surface area is 109 Å². The van der Waals surface area contributed by atoms with Crippen molar-refractivity contribution in [2.24, 2.45) is 0 Å². The zero-order valence-electron chi connectivity index (χ0n) is 10.3. The molecule has 0 aliphatic rings. The first kappa shape index (κ1) is 13.6. The highest BCUT2D eigenvalue weighted by molar-refractivity contribution is 5.37. The van der Waals surface area contributed by atoms with Gasteiger partial charge in [-0.05, 0) is 24.1 Å². The first-order valence-electron chi connectivity index (χ1n) is 5.92. The molecule has 0 spiro atoms. The summed E-state index contributed by atoms with van der Waals surface area (Å²) in [5, 5.41) is 10.6. The molecule has 0 bridgehead atoms. The average Bonchev–Trinajstić information content (AvgIpc) is 2.45. The summed E-state index contributed by atoms with van der Waals surface area (Å²) in [7, 11) is 0. The number of hydrogen-bond donors (Lipinski definition) is 1. The van der Waals surface area contributed by atoms with E-state index in [1.165, 1.54) is 0 Å². The summed E-state index contributed by atoms with van der Waals surface area (Å²) in [5.41, 5.74) is -1.51. The standard InChI is InChI=1S/C15H13F3O/c1-2-15(19,10-6-4-3-5-7-10)11-8-9-12(16)14(18)13(11)17/h3-9,19H,2H2,1H3. The second-order valence-electron chi connectivity index (χ2n) is 4.30. The van der Waals surface area contributed by atoms with Gasteiger partial charge in [0, 0.05) is 5.56 Å². The highest BCUT2D eigenvalue weighted by Gasteiger charge is 2.34. The summed E-state index contributed by atoms with van der Waals surface area (Å²) in [4.78, 5) is 0. The molecular weight excluding hydrogens is 253 g/mol. The van der Waals surface area contributed by atoms with Gasteiger partial charge in [0.25, 0.3) is 0 Å². The van der Waals surface area contributed by atoms with E-state index in [-0.39, 0.29) is 12.0 Å². The molecule has 1 unspecified atom stereocenters. The topological polar surface area (TPSA) is 20.2 Å². The lowest BCUT2D eigenvalue weighted by Crippen LogP contribution is -2.28. The lowest BCUT2D eigenvalue weighted by atomic mass is 9.84. The molecule has 0 aromatic heterocycles. The van der Waals surface area contributed by atoms with Gasteiger partial charge in [-0.3, -0.25) is 0 Å². The van der Waals surface area contributed by atoms with Crippen LogP contribution in [0.4, 0.5) is 13.2 Å². The Morgan fingerprint density at radius 2 is 1.58 bits per heavy atom. The maximum absolute atomic E-state index is 13.9. The third-order valence-corrected chi connectivity index (χ3v) is 3.24. The number of aliphatic hydroxyl groups is 1. The van der Waals surface area contributed by atoms with Gasteiger partial charge in [-0.2, -0.15) is 0 Å². The van der Waals surface area contributed by atoms with Gasteiger partial charge in [-0.1, -0.05) is 37.3 Å². The van der Waals surface area contributed by atoms with Crippen LogP contribution < -0.4 is 0 Å². The van der Waals surface area contributed by atoms with E-state index in [0.717, 1.165) is 12.1 Å². The first-order chi connectivity index (χ1) is 9.00. The molecule has 1 N–H and O–H groups in total. The van der Waals surface area contributed by atoms with Crippen LogP contribution in [0, 0.1) is 17.5 Å². The Balaban J connectivity index is 2.63. The van der Waals surface area contributed by atoms with Gasteiger partial charge in [0.1, 0.15) is 5.60 Å². The summed E-state index contributed by atoms with van der Waals surface area (Å²) in [6.45, 7) is 1.65. The van der Waals surface area contributed by atoms with Crippen molar-refractivity contribution in [3.05, 3.63) is 71.0 Å². The van der Waals surface area contributed by atoms with E-state index < -0.39 is 23.1 Å². The fourth-order valence-electron chi connectivity index (χ4n) is 2.11. The van der Waals surface area contributed by atoms with Gasteiger partial charge in [0.15, 0.2) is 17.5 Å². The summed E-state index contributed by atoms with van der Waals surface area (Å²) in [6, 6.07) is 10.2. The molecule has 0 amide bonds. The third kappa shape index (κ3) is 2.24. The van der Waals surface area contributed by atoms with Gasteiger partial charge in [0.2, 0.25) is 0 Å². The normalized spacial score (nSPS) is 14.2. The van der Waals surface area contributed by atoms with Gasteiger partial charge in [-0.15, -0.1) is 0 Å². The molecule has 0 aliphatic heterocycles. The highest BCUT2D eigenvalue weighted by atomic mass is 19.2. The Kier molecular flexibility index (Phi) is 3.62. The SMILES string of the molecule is CCC(O)(c1ccccc1)c1ccc(F)c(F)c1F. The van der Waals surface area contributed by atoms with Crippen molar-refractivity contribution in [3.8, 4) is 0 Å². The van der Waals surface area contributed by atoms with E-state index in [0.29, 0.717) is 5.56 Å². The Morgan fingerprint density at radius 3 is 2.16 bits per heavy atom. The van der Waals surface area contributed by atoms with Crippen LogP contribution in [0.25, 0.3) is 0 Å². The first-order valence-corrected chi connectivity index (χ1v) is 5.92. The van der Waals surface area contributed by atoms with Crippen LogP contribution in [0.1, 0.15) is 24.5 Å². The predicted molar refractivity (Wildman–Crippen MR) is 66.0 cm³/mol. The number of benzene rings is 2. The molecule has 1 nitrogen and oxygen atoms in total. The molecule has 2 rings (SSSR count). The average molecular weight is 266 g/mol. The summed E-state index contributed by atoms with van der Waals surface area (Å²) < 4.78 is 40.1. The molecule has 0 fully saturated rings. The molecule has 0 saturated heterocycles. The van der Waals surface area contributed by atoms with Crippen LogP contribution in [0.2, 0.25) is 0 Å². The van der Waals surface area contributed by atoms with Gasteiger partial charge < -0.3 is 5.11 Å². The van der Waals surface area contributed by atoms with Crippen LogP contribution in [0.3, 0.4) is 0 Å². The predicted octanol–water partition coefficient (Wildman–Crippen LogP) is 3.75. The van der Waals surface area contributed by atoms with Crippen LogP contribution >= 0.6 is 0 Å². The second kappa shape index (κ2) is 5.05. The molecule has 0 radical (unpaired) electrons. The van der Waals surface area contributed by atoms with Gasteiger partial charge in [0.05, 0.1) is 0 Å². The van der Waals surface area contributed by atoms with Crippen molar-refractivity contribution in [1.82, 2.24) is 0 Å². The van der Waals surface area contributed by atoms with Crippen molar-refractivity contribution in [1.29, 1.82) is 0 Å². The molecule has 100 valence electrons. The quantitative estimate of drug-likeness (QED) is 0.839. The Hall–Kier alpha value is -1.81. The van der Waals surface area contributed by atoms with Gasteiger partial charge >= 0.3 is 0 Å². The molecule has 2 aromatic rings. The minimum absolute atomic E-state index is 0.138. The fourth-order valence-corrected chi connectivity index (χ4v) is 2.11. The van der Waals surface area contributed by atoms with Crippen molar-refractivity contribution in [2.75, 3.05) is 0 Å².